The number of carbonyl (C=O) groups excluding carboxylic acids is 2. The van der Waals surface area contributed by atoms with Gasteiger partial charge in [0.1, 0.15) is 0 Å². The molecule has 1 aromatic heterocycles. The van der Waals surface area contributed by atoms with E-state index in [-0.39, 0.29) is 17.7 Å². The highest BCUT2D eigenvalue weighted by atomic mass is 79.9. The van der Waals surface area contributed by atoms with Crippen molar-refractivity contribution in [2.75, 3.05) is 0 Å². The van der Waals surface area contributed by atoms with E-state index in [2.05, 4.69) is 70.0 Å². The molecule has 3 aromatic carbocycles. The predicted octanol–water partition coefficient (Wildman–Crippen LogP) is 7.00. The van der Waals surface area contributed by atoms with E-state index in [0.717, 1.165) is 44.8 Å². The molecule has 1 saturated heterocycles. The third kappa shape index (κ3) is 4.54. The van der Waals surface area contributed by atoms with Gasteiger partial charge in [0.2, 0.25) is 0 Å². The summed E-state index contributed by atoms with van der Waals surface area (Å²) in [5.41, 5.74) is 5.39. The Bertz CT molecular complexity index is 1390. The minimum atomic E-state index is -0.247. The maximum atomic E-state index is 13.1. The van der Waals surface area contributed by atoms with Crippen molar-refractivity contribution in [3.05, 3.63) is 111 Å². The first-order valence-corrected chi connectivity index (χ1v) is 12.2. The molecule has 0 aliphatic carbocycles. The molecule has 1 fully saturated rings. The van der Waals surface area contributed by atoms with Crippen molar-refractivity contribution in [2.45, 2.75) is 20.0 Å². The topological polar surface area (TPSA) is 42.3 Å². The highest BCUT2D eigenvalue weighted by molar-refractivity contribution is 9.10. The molecule has 0 radical (unpaired) electrons. The van der Waals surface area contributed by atoms with E-state index in [0.29, 0.717) is 4.91 Å². The lowest BCUT2D eigenvalue weighted by Gasteiger charge is -2.12. The lowest BCUT2D eigenvalue weighted by atomic mass is 10.1. The van der Waals surface area contributed by atoms with E-state index in [9.17, 15) is 9.59 Å². The van der Waals surface area contributed by atoms with Crippen molar-refractivity contribution in [2.24, 2.45) is 0 Å². The van der Waals surface area contributed by atoms with E-state index in [1.54, 1.807) is 0 Å². The van der Waals surface area contributed by atoms with Crippen molar-refractivity contribution in [1.29, 1.82) is 0 Å². The fourth-order valence-electron chi connectivity index (χ4n) is 3.96. The number of nitrogens with zero attached hydrogens (tertiary/aromatic N) is 2. The molecule has 2 amide bonds. The van der Waals surface area contributed by atoms with Gasteiger partial charge in [-0.2, -0.15) is 0 Å². The standard InChI is InChI=1S/C27H21BrN2O2S/c1-18-6-8-19(9-7-18)15-29-17-21(23-4-2-3-5-24(23)29)14-25-26(31)30(27(32)33-25)16-20-10-12-22(28)13-11-20/h2-14,17H,15-16H2,1H3/b25-14+. The molecule has 2 heterocycles. The molecule has 0 atom stereocenters. The monoisotopic (exact) mass is 516 g/mol. The average molecular weight is 517 g/mol. The molecule has 0 N–H and O–H groups in total. The minimum Gasteiger partial charge on any atom is -0.342 e. The molecular formula is C27H21BrN2O2S. The van der Waals surface area contributed by atoms with Crippen molar-refractivity contribution in [1.82, 2.24) is 9.47 Å². The second kappa shape index (κ2) is 9.04. The van der Waals surface area contributed by atoms with Crippen LogP contribution in [0.2, 0.25) is 0 Å². The summed E-state index contributed by atoms with van der Waals surface area (Å²) < 4.78 is 3.15. The SMILES string of the molecule is Cc1ccc(Cn2cc(/C=C3/SC(=O)N(Cc4ccc(Br)cc4)C3=O)c3ccccc32)cc1. The number of para-hydroxylation sites is 1. The number of rotatable bonds is 5. The Morgan fingerprint density at radius 3 is 2.30 bits per heavy atom. The van der Waals surface area contributed by atoms with E-state index in [4.69, 9.17) is 0 Å². The lowest BCUT2D eigenvalue weighted by molar-refractivity contribution is -0.123. The first-order chi connectivity index (χ1) is 16.0. The first kappa shape index (κ1) is 21.7. The van der Waals surface area contributed by atoms with Crippen molar-refractivity contribution in [3.63, 3.8) is 0 Å². The normalized spacial score (nSPS) is 15.2. The molecule has 0 bridgehead atoms. The zero-order valence-electron chi connectivity index (χ0n) is 18.0. The molecule has 1 aliphatic heterocycles. The van der Waals surface area contributed by atoms with Gasteiger partial charge in [-0.1, -0.05) is 76.1 Å². The van der Waals surface area contributed by atoms with Gasteiger partial charge in [-0.3, -0.25) is 14.5 Å². The summed E-state index contributed by atoms with van der Waals surface area (Å²) in [6, 6.07) is 24.3. The van der Waals surface area contributed by atoms with Crippen LogP contribution in [0.25, 0.3) is 17.0 Å². The van der Waals surface area contributed by atoms with Gasteiger partial charge in [0, 0.05) is 33.7 Å². The first-order valence-electron chi connectivity index (χ1n) is 10.6. The van der Waals surface area contributed by atoms with Crippen LogP contribution in [0.4, 0.5) is 4.79 Å². The van der Waals surface area contributed by atoms with E-state index >= 15 is 0 Å². The average Bonchev–Trinajstić information content (AvgIpc) is 3.29. The number of aryl methyl sites for hydroxylation is 1. The van der Waals surface area contributed by atoms with Gasteiger partial charge < -0.3 is 4.57 Å². The zero-order valence-corrected chi connectivity index (χ0v) is 20.4. The molecule has 1 aliphatic rings. The molecule has 4 aromatic rings. The number of carbonyl (C=O) groups is 2. The molecular weight excluding hydrogens is 496 g/mol. The van der Waals surface area contributed by atoms with Gasteiger partial charge in [-0.05, 0) is 54.1 Å². The highest BCUT2D eigenvalue weighted by Gasteiger charge is 2.35. The number of amides is 2. The maximum Gasteiger partial charge on any atom is 0.293 e. The van der Waals surface area contributed by atoms with Crippen LogP contribution >= 0.6 is 27.7 Å². The molecule has 33 heavy (non-hydrogen) atoms. The van der Waals surface area contributed by atoms with Crippen LogP contribution in [-0.4, -0.2) is 20.6 Å². The van der Waals surface area contributed by atoms with Gasteiger partial charge >= 0.3 is 0 Å². The molecule has 5 rings (SSSR count). The lowest BCUT2D eigenvalue weighted by Crippen LogP contribution is -2.27. The molecule has 4 nitrogen and oxygen atoms in total. The fraction of sp³-hybridized carbons (Fsp3) is 0.111. The predicted molar refractivity (Wildman–Crippen MR) is 138 cm³/mol. The van der Waals surface area contributed by atoms with Crippen LogP contribution in [0, 0.1) is 6.92 Å². The Morgan fingerprint density at radius 2 is 1.55 bits per heavy atom. The number of thioether (sulfide) groups is 1. The smallest absolute Gasteiger partial charge is 0.293 e. The van der Waals surface area contributed by atoms with Crippen LogP contribution in [0.15, 0.2) is 88.4 Å². The summed E-state index contributed by atoms with van der Waals surface area (Å²) in [6.07, 6.45) is 3.91. The van der Waals surface area contributed by atoms with Gasteiger partial charge in [-0.25, -0.2) is 0 Å². The third-order valence-electron chi connectivity index (χ3n) is 5.71. The summed E-state index contributed by atoms with van der Waals surface area (Å²) >= 11 is 4.41. The van der Waals surface area contributed by atoms with Crippen molar-refractivity contribution < 1.29 is 9.59 Å². The zero-order chi connectivity index (χ0) is 22.9. The summed E-state index contributed by atoms with van der Waals surface area (Å²) in [6.45, 7) is 3.08. The van der Waals surface area contributed by atoms with Crippen LogP contribution in [0.3, 0.4) is 0 Å². The Kier molecular flexibility index (Phi) is 5.96. The Hall–Kier alpha value is -3.09. The Balaban J connectivity index is 1.45. The number of fused-ring (bicyclic) bond motifs is 1. The van der Waals surface area contributed by atoms with E-state index in [1.165, 1.54) is 16.0 Å². The van der Waals surface area contributed by atoms with E-state index < -0.39 is 0 Å². The minimum absolute atomic E-state index is 0.238. The van der Waals surface area contributed by atoms with Crippen molar-refractivity contribution in [3.8, 4) is 0 Å². The highest BCUT2D eigenvalue weighted by Crippen LogP contribution is 2.35. The molecule has 0 spiro atoms. The maximum absolute atomic E-state index is 13.1. The quantitative estimate of drug-likeness (QED) is 0.268. The number of imide groups is 1. The molecule has 6 heteroatoms. The molecule has 164 valence electrons. The molecule has 0 unspecified atom stereocenters. The Labute approximate surface area is 205 Å². The van der Waals surface area contributed by atoms with Gasteiger partial charge in [0.25, 0.3) is 11.1 Å². The van der Waals surface area contributed by atoms with Gasteiger partial charge in [0.05, 0.1) is 11.4 Å². The van der Waals surface area contributed by atoms with Crippen LogP contribution in [0.1, 0.15) is 22.3 Å². The number of halogens is 1. The number of hydrogen-bond acceptors (Lipinski definition) is 3. The summed E-state index contributed by atoms with van der Waals surface area (Å²) in [5.74, 6) is -0.247. The summed E-state index contributed by atoms with van der Waals surface area (Å²) in [4.78, 5) is 27.4. The largest absolute Gasteiger partial charge is 0.342 e. The van der Waals surface area contributed by atoms with Crippen LogP contribution < -0.4 is 0 Å². The Morgan fingerprint density at radius 1 is 0.879 bits per heavy atom. The third-order valence-corrected chi connectivity index (χ3v) is 7.14. The van der Waals surface area contributed by atoms with Crippen molar-refractivity contribution >= 4 is 55.8 Å². The summed E-state index contributed by atoms with van der Waals surface area (Å²) in [7, 11) is 0. The van der Waals surface area contributed by atoms with E-state index in [1.807, 2.05) is 42.5 Å². The molecule has 0 saturated carbocycles. The number of aromatic nitrogens is 1. The second-order valence-corrected chi connectivity index (χ2v) is 10.0. The fourth-order valence-corrected chi connectivity index (χ4v) is 5.05. The van der Waals surface area contributed by atoms with Crippen LogP contribution in [0.5, 0.6) is 0 Å². The second-order valence-electron chi connectivity index (χ2n) is 8.11. The van der Waals surface area contributed by atoms with Crippen LogP contribution in [-0.2, 0) is 17.9 Å². The van der Waals surface area contributed by atoms with Gasteiger partial charge in [0.15, 0.2) is 0 Å². The number of benzene rings is 3. The van der Waals surface area contributed by atoms with Gasteiger partial charge in [-0.15, -0.1) is 0 Å². The summed E-state index contributed by atoms with van der Waals surface area (Å²) in [5, 5.41) is 0.821. The number of hydrogen-bond donors (Lipinski definition) is 0.